The summed E-state index contributed by atoms with van der Waals surface area (Å²) in [5.74, 6) is 0.972. The number of nitrogen functional groups attached to an aromatic ring is 1. The monoisotopic (exact) mass is 206 g/mol. The third kappa shape index (κ3) is 1.57. The Morgan fingerprint density at radius 3 is 2.93 bits per heavy atom. The van der Waals surface area contributed by atoms with Gasteiger partial charge in [0.05, 0.1) is 6.61 Å². The molecule has 4 N–H and O–H groups in total. The van der Waals surface area contributed by atoms with Crippen LogP contribution in [0.5, 0.6) is 5.75 Å². The van der Waals surface area contributed by atoms with Crippen LogP contribution in [0.15, 0.2) is 18.2 Å². The Bertz CT molecular complexity index is 361. The maximum absolute atomic E-state index is 5.82. The highest BCUT2D eigenvalue weighted by molar-refractivity contribution is 5.53. The molecule has 1 atom stereocenters. The summed E-state index contributed by atoms with van der Waals surface area (Å²) in [4.78, 5) is 0. The van der Waals surface area contributed by atoms with Crippen LogP contribution in [0.4, 0.5) is 5.69 Å². The molecule has 15 heavy (non-hydrogen) atoms. The molecule has 3 heteroatoms. The molecule has 0 aromatic heterocycles. The SMILES string of the molecule is CCC1(CCN)COc2ccc(N)cc21. The smallest absolute Gasteiger partial charge is 0.123 e. The van der Waals surface area contributed by atoms with Gasteiger partial charge in [-0.15, -0.1) is 0 Å². The zero-order valence-corrected chi connectivity index (χ0v) is 9.12. The van der Waals surface area contributed by atoms with Crippen molar-refractivity contribution in [2.75, 3.05) is 18.9 Å². The van der Waals surface area contributed by atoms with E-state index in [4.69, 9.17) is 16.2 Å². The number of nitrogens with two attached hydrogens (primary N) is 2. The molecule has 82 valence electrons. The van der Waals surface area contributed by atoms with Crippen molar-refractivity contribution < 1.29 is 4.74 Å². The zero-order chi connectivity index (χ0) is 10.9. The molecule has 0 aliphatic carbocycles. The minimum atomic E-state index is 0.0828. The fourth-order valence-corrected chi connectivity index (χ4v) is 2.33. The van der Waals surface area contributed by atoms with Crippen molar-refractivity contribution in [3.05, 3.63) is 23.8 Å². The lowest BCUT2D eigenvalue weighted by Gasteiger charge is -2.25. The molecule has 1 aliphatic rings. The molecule has 1 aromatic carbocycles. The lowest BCUT2D eigenvalue weighted by Crippen LogP contribution is -2.30. The molecule has 0 amide bonds. The van der Waals surface area contributed by atoms with E-state index in [0.29, 0.717) is 6.54 Å². The molecule has 1 heterocycles. The highest BCUT2D eigenvalue weighted by Crippen LogP contribution is 2.43. The van der Waals surface area contributed by atoms with E-state index < -0.39 is 0 Å². The predicted molar refractivity (Wildman–Crippen MR) is 62.0 cm³/mol. The number of benzene rings is 1. The van der Waals surface area contributed by atoms with Crippen LogP contribution in [0.1, 0.15) is 25.3 Å². The van der Waals surface area contributed by atoms with Crippen molar-refractivity contribution >= 4 is 5.69 Å². The maximum Gasteiger partial charge on any atom is 0.123 e. The largest absolute Gasteiger partial charge is 0.492 e. The fraction of sp³-hybridized carbons (Fsp3) is 0.500. The lowest BCUT2D eigenvalue weighted by atomic mass is 9.77. The first-order valence-corrected chi connectivity index (χ1v) is 5.45. The standard InChI is InChI=1S/C12H18N2O/c1-2-12(5-6-13)8-15-11-4-3-9(14)7-10(11)12/h3-4,7H,2,5-6,8,13-14H2,1H3. The first kappa shape index (κ1) is 10.3. The van der Waals surface area contributed by atoms with Crippen molar-refractivity contribution in [3.8, 4) is 5.75 Å². The van der Waals surface area contributed by atoms with Gasteiger partial charge in [-0.3, -0.25) is 0 Å². The molecule has 0 spiro atoms. The Hall–Kier alpha value is -1.22. The van der Waals surface area contributed by atoms with E-state index in [1.807, 2.05) is 18.2 Å². The number of hydrogen-bond donors (Lipinski definition) is 2. The second-order valence-corrected chi connectivity index (χ2v) is 4.22. The Balaban J connectivity index is 2.44. The maximum atomic E-state index is 5.82. The Morgan fingerprint density at radius 2 is 2.27 bits per heavy atom. The summed E-state index contributed by atoms with van der Waals surface area (Å²) in [5.41, 5.74) is 13.6. The highest BCUT2D eigenvalue weighted by atomic mass is 16.5. The molecule has 3 nitrogen and oxygen atoms in total. The molecule has 1 aromatic rings. The second-order valence-electron chi connectivity index (χ2n) is 4.22. The zero-order valence-electron chi connectivity index (χ0n) is 9.12. The number of ether oxygens (including phenoxy) is 1. The molecule has 0 fully saturated rings. The van der Waals surface area contributed by atoms with E-state index in [0.717, 1.165) is 30.9 Å². The Labute approximate surface area is 90.4 Å². The van der Waals surface area contributed by atoms with E-state index >= 15 is 0 Å². The van der Waals surface area contributed by atoms with Crippen LogP contribution in [-0.2, 0) is 5.41 Å². The topological polar surface area (TPSA) is 61.3 Å². The molecular formula is C12H18N2O. The molecule has 0 radical (unpaired) electrons. The van der Waals surface area contributed by atoms with Gasteiger partial charge < -0.3 is 16.2 Å². The van der Waals surface area contributed by atoms with Crippen molar-refractivity contribution in [2.24, 2.45) is 5.73 Å². The first-order valence-electron chi connectivity index (χ1n) is 5.45. The number of hydrogen-bond acceptors (Lipinski definition) is 3. The van der Waals surface area contributed by atoms with Crippen molar-refractivity contribution in [3.63, 3.8) is 0 Å². The van der Waals surface area contributed by atoms with Crippen molar-refractivity contribution in [1.29, 1.82) is 0 Å². The van der Waals surface area contributed by atoms with Gasteiger partial charge in [0.1, 0.15) is 5.75 Å². The Morgan fingerprint density at radius 1 is 1.47 bits per heavy atom. The molecule has 0 bridgehead atoms. The normalized spacial score (nSPS) is 23.6. The summed E-state index contributed by atoms with van der Waals surface area (Å²) >= 11 is 0. The van der Waals surface area contributed by atoms with E-state index in [1.54, 1.807) is 0 Å². The number of anilines is 1. The van der Waals surface area contributed by atoms with Crippen molar-refractivity contribution in [1.82, 2.24) is 0 Å². The van der Waals surface area contributed by atoms with Gasteiger partial charge in [-0.2, -0.15) is 0 Å². The van der Waals surface area contributed by atoms with Gasteiger partial charge in [0.2, 0.25) is 0 Å². The van der Waals surface area contributed by atoms with Crippen LogP contribution in [0, 0.1) is 0 Å². The van der Waals surface area contributed by atoms with E-state index in [-0.39, 0.29) is 5.41 Å². The van der Waals surface area contributed by atoms with Crippen LogP contribution >= 0.6 is 0 Å². The quantitative estimate of drug-likeness (QED) is 0.739. The summed E-state index contributed by atoms with van der Waals surface area (Å²) in [7, 11) is 0. The molecule has 1 unspecified atom stereocenters. The average Bonchev–Trinajstić information content (AvgIpc) is 2.58. The second kappa shape index (κ2) is 3.74. The minimum absolute atomic E-state index is 0.0828. The molecule has 0 saturated carbocycles. The van der Waals surface area contributed by atoms with E-state index in [1.165, 1.54) is 5.56 Å². The van der Waals surface area contributed by atoms with Crippen LogP contribution in [0.25, 0.3) is 0 Å². The summed E-state index contributed by atoms with van der Waals surface area (Å²) in [6.07, 6.45) is 2.00. The van der Waals surface area contributed by atoms with Gasteiger partial charge in [-0.1, -0.05) is 6.92 Å². The average molecular weight is 206 g/mol. The van der Waals surface area contributed by atoms with Gasteiger partial charge >= 0.3 is 0 Å². The minimum Gasteiger partial charge on any atom is -0.492 e. The van der Waals surface area contributed by atoms with E-state index in [2.05, 4.69) is 6.92 Å². The van der Waals surface area contributed by atoms with Crippen molar-refractivity contribution in [2.45, 2.75) is 25.2 Å². The van der Waals surface area contributed by atoms with Gasteiger partial charge in [-0.05, 0) is 37.6 Å². The summed E-state index contributed by atoms with van der Waals surface area (Å²) in [5, 5.41) is 0. The van der Waals surface area contributed by atoms with Gasteiger partial charge in [-0.25, -0.2) is 0 Å². The first-order chi connectivity index (χ1) is 7.22. The summed E-state index contributed by atoms with van der Waals surface area (Å²) < 4.78 is 5.70. The van der Waals surface area contributed by atoms with Crippen LogP contribution in [-0.4, -0.2) is 13.2 Å². The van der Waals surface area contributed by atoms with E-state index in [9.17, 15) is 0 Å². The molecular weight excluding hydrogens is 188 g/mol. The van der Waals surface area contributed by atoms with Crippen LogP contribution < -0.4 is 16.2 Å². The fourth-order valence-electron chi connectivity index (χ4n) is 2.33. The molecule has 1 aliphatic heterocycles. The molecule has 0 saturated heterocycles. The summed E-state index contributed by atoms with van der Waals surface area (Å²) in [6, 6.07) is 5.87. The van der Waals surface area contributed by atoms with Gasteiger partial charge in [0.25, 0.3) is 0 Å². The third-order valence-corrected chi connectivity index (χ3v) is 3.38. The Kier molecular flexibility index (Phi) is 2.57. The van der Waals surface area contributed by atoms with Gasteiger partial charge in [0.15, 0.2) is 0 Å². The number of fused-ring (bicyclic) bond motifs is 1. The predicted octanol–water partition coefficient (Wildman–Crippen LogP) is 1.66. The third-order valence-electron chi connectivity index (χ3n) is 3.38. The number of rotatable bonds is 3. The highest BCUT2D eigenvalue weighted by Gasteiger charge is 2.38. The lowest BCUT2D eigenvalue weighted by molar-refractivity contribution is 0.249. The van der Waals surface area contributed by atoms with Gasteiger partial charge in [0, 0.05) is 16.7 Å². The molecule has 2 rings (SSSR count). The van der Waals surface area contributed by atoms with Crippen LogP contribution in [0.2, 0.25) is 0 Å². The van der Waals surface area contributed by atoms with Crippen LogP contribution in [0.3, 0.4) is 0 Å². The summed E-state index contributed by atoms with van der Waals surface area (Å²) in [6.45, 7) is 3.60.